The second kappa shape index (κ2) is 4.33. The molecule has 0 aromatic heterocycles. The molecule has 1 unspecified atom stereocenters. The molecule has 1 aromatic rings. The van der Waals surface area contributed by atoms with E-state index in [4.69, 9.17) is 9.47 Å². The number of benzene rings is 1. The number of ether oxygens (including phenoxy) is 2. The van der Waals surface area contributed by atoms with Gasteiger partial charge in [-0.1, -0.05) is 38.1 Å². The molecule has 2 atom stereocenters. The maximum atomic E-state index is 5.91. The average molecular weight is 206 g/mol. The Balaban J connectivity index is 2.31. The van der Waals surface area contributed by atoms with E-state index in [9.17, 15) is 0 Å². The van der Waals surface area contributed by atoms with Crippen LogP contribution in [0, 0.1) is 5.92 Å². The minimum atomic E-state index is -0.168. The van der Waals surface area contributed by atoms with Crippen LogP contribution in [0.3, 0.4) is 0 Å². The first-order chi connectivity index (χ1) is 7.24. The first kappa shape index (κ1) is 10.7. The van der Waals surface area contributed by atoms with Crippen molar-refractivity contribution in [3.05, 3.63) is 35.4 Å². The van der Waals surface area contributed by atoms with Gasteiger partial charge in [-0.3, -0.25) is 0 Å². The Morgan fingerprint density at radius 2 is 1.93 bits per heavy atom. The van der Waals surface area contributed by atoms with E-state index in [0.717, 1.165) is 0 Å². The van der Waals surface area contributed by atoms with Crippen LogP contribution in [0.25, 0.3) is 0 Å². The Bertz CT molecular complexity index is 333. The fourth-order valence-corrected chi connectivity index (χ4v) is 2.06. The first-order valence-corrected chi connectivity index (χ1v) is 5.60. The fraction of sp³-hybridized carbons (Fsp3) is 0.538. The molecular formula is C13H18O2. The maximum Gasteiger partial charge on any atom is 0.184 e. The molecular weight excluding hydrogens is 188 g/mol. The lowest BCUT2D eigenvalue weighted by Gasteiger charge is -2.17. The van der Waals surface area contributed by atoms with E-state index in [1.54, 1.807) is 0 Å². The molecule has 0 spiro atoms. The van der Waals surface area contributed by atoms with Crippen molar-refractivity contribution in [3.63, 3.8) is 0 Å². The Morgan fingerprint density at radius 3 is 2.53 bits per heavy atom. The molecule has 82 valence electrons. The molecule has 0 fully saturated rings. The topological polar surface area (TPSA) is 18.5 Å². The summed E-state index contributed by atoms with van der Waals surface area (Å²) in [5.41, 5.74) is 2.48. The SMILES string of the molecule is CCOC1O[C@H](C(C)C)c2ccccc21. The van der Waals surface area contributed by atoms with Crippen LogP contribution in [0.4, 0.5) is 0 Å². The van der Waals surface area contributed by atoms with Crippen molar-refractivity contribution >= 4 is 0 Å². The minimum Gasteiger partial charge on any atom is -0.349 e. The van der Waals surface area contributed by atoms with E-state index in [-0.39, 0.29) is 12.4 Å². The van der Waals surface area contributed by atoms with Crippen LogP contribution in [-0.4, -0.2) is 6.61 Å². The van der Waals surface area contributed by atoms with E-state index in [1.807, 2.05) is 13.0 Å². The standard InChI is InChI=1S/C13H18O2/c1-4-14-13-11-8-6-5-7-10(11)12(15-13)9(2)3/h5-9,12-13H,4H2,1-3H3/t12-,13?/m1/s1. The Hall–Kier alpha value is -0.860. The normalized spacial score (nSPS) is 24.5. The van der Waals surface area contributed by atoms with E-state index in [2.05, 4.69) is 32.0 Å². The first-order valence-electron chi connectivity index (χ1n) is 5.60. The third-order valence-electron chi connectivity index (χ3n) is 2.75. The molecule has 1 aliphatic rings. The second-order valence-corrected chi connectivity index (χ2v) is 4.22. The lowest BCUT2D eigenvalue weighted by atomic mass is 9.97. The Kier molecular flexibility index (Phi) is 3.08. The predicted molar refractivity (Wildman–Crippen MR) is 59.5 cm³/mol. The number of fused-ring (bicyclic) bond motifs is 1. The highest BCUT2D eigenvalue weighted by Gasteiger charge is 2.33. The summed E-state index contributed by atoms with van der Waals surface area (Å²) in [7, 11) is 0. The quantitative estimate of drug-likeness (QED) is 0.754. The molecule has 0 amide bonds. The third kappa shape index (κ3) is 1.92. The third-order valence-corrected chi connectivity index (χ3v) is 2.75. The molecule has 2 rings (SSSR count). The van der Waals surface area contributed by atoms with E-state index >= 15 is 0 Å². The van der Waals surface area contributed by atoms with E-state index < -0.39 is 0 Å². The highest BCUT2D eigenvalue weighted by molar-refractivity contribution is 5.33. The van der Waals surface area contributed by atoms with Crippen molar-refractivity contribution in [3.8, 4) is 0 Å². The average Bonchev–Trinajstić information content (AvgIpc) is 2.59. The van der Waals surface area contributed by atoms with Crippen LogP contribution in [-0.2, 0) is 9.47 Å². The van der Waals surface area contributed by atoms with Crippen LogP contribution in [0.5, 0.6) is 0 Å². The molecule has 2 nitrogen and oxygen atoms in total. The van der Waals surface area contributed by atoms with Crippen LogP contribution in [0.2, 0.25) is 0 Å². The molecule has 2 heteroatoms. The fourth-order valence-electron chi connectivity index (χ4n) is 2.06. The molecule has 0 saturated heterocycles. The van der Waals surface area contributed by atoms with Crippen LogP contribution in [0.15, 0.2) is 24.3 Å². The molecule has 0 bridgehead atoms. The summed E-state index contributed by atoms with van der Waals surface area (Å²) in [6.07, 6.45) is 0.0105. The van der Waals surface area contributed by atoms with Crippen molar-refractivity contribution < 1.29 is 9.47 Å². The van der Waals surface area contributed by atoms with Gasteiger partial charge in [-0.25, -0.2) is 0 Å². The molecule has 1 aliphatic heterocycles. The van der Waals surface area contributed by atoms with Crippen molar-refractivity contribution in [2.45, 2.75) is 33.2 Å². The van der Waals surface area contributed by atoms with Gasteiger partial charge in [0.25, 0.3) is 0 Å². The summed E-state index contributed by atoms with van der Waals surface area (Å²) >= 11 is 0. The second-order valence-electron chi connectivity index (χ2n) is 4.22. The van der Waals surface area contributed by atoms with Crippen LogP contribution in [0.1, 0.15) is 44.3 Å². The van der Waals surface area contributed by atoms with Gasteiger partial charge >= 0.3 is 0 Å². The number of rotatable bonds is 3. The zero-order chi connectivity index (χ0) is 10.8. The molecule has 0 N–H and O–H groups in total. The smallest absolute Gasteiger partial charge is 0.184 e. The van der Waals surface area contributed by atoms with E-state index in [1.165, 1.54) is 11.1 Å². The van der Waals surface area contributed by atoms with Gasteiger partial charge in [-0.05, 0) is 18.4 Å². The molecule has 1 aromatic carbocycles. The lowest BCUT2D eigenvalue weighted by Crippen LogP contribution is -2.07. The summed E-state index contributed by atoms with van der Waals surface area (Å²) in [5.74, 6) is 0.483. The van der Waals surface area contributed by atoms with Crippen molar-refractivity contribution in [1.82, 2.24) is 0 Å². The summed E-state index contributed by atoms with van der Waals surface area (Å²) in [6, 6.07) is 8.33. The van der Waals surface area contributed by atoms with Crippen molar-refractivity contribution in [1.29, 1.82) is 0 Å². The van der Waals surface area contributed by atoms with Gasteiger partial charge in [0, 0.05) is 12.2 Å². The molecule has 1 heterocycles. The monoisotopic (exact) mass is 206 g/mol. The summed E-state index contributed by atoms with van der Waals surface area (Å²) in [5, 5.41) is 0. The van der Waals surface area contributed by atoms with Crippen LogP contribution < -0.4 is 0 Å². The number of hydrogen-bond acceptors (Lipinski definition) is 2. The van der Waals surface area contributed by atoms with Crippen molar-refractivity contribution in [2.24, 2.45) is 5.92 Å². The predicted octanol–water partition coefficient (Wildman–Crippen LogP) is 3.45. The highest BCUT2D eigenvalue weighted by Crippen LogP contribution is 2.42. The van der Waals surface area contributed by atoms with Gasteiger partial charge in [-0.2, -0.15) is 0 Å². The zero-order valence-electron chi connectivity index (χ0n) is 9.57. The minimum absolute atomic E-state index is 0.168. The maximum absolute atomic E-state index is 5.91. The van der Waals surface area contributed by atoms with Crippen molar-refractivity contribution in [2.75, 3.05) is 6.61 Å². The molecule has 0 saturated carbocycles. The van der Waals surface area contributed by atoms with E-state index in [0.29, 0.717) is 12.5 Å². The van der Waals surface area contributed by atoms with Gasteiger partial charge in [0.15, 0.2) is 6.29 Å². The molecule has 0 radical (unpaired) electrons. The summed E-state index contributed by atoms with van der Waals surface area (Å²) in [4.78, 5) is 0. The van der Waals surface area contributed by atoms with Gasteiger partial charge in [-0.15, -0.1) is 0 Å². The summed E-state index contributed by atoms with van der Waals surface area (Å²) in [6.45, 7) is 7.03. The lowest BCUT2D eigenvalue weighted by molar-refractivity contribution is -0.165. The van der Waals surface area contributed by atoms with Crippen LogP contribution >= 0.6 is 0 Å². The molecule has 0 aliphatic carbocycles. The molecule has 15 heavy (non-hydrogen) atoms. The number of hydrogen-bond donors (Lipinski definition) is 0. The van der Waals surface area contributed by atoms with Gasteiger partial charge in [0.05, 0.1) is 6.10 Å². The Labute approximate surface area is 91.2 Å². The summed E-state index contributed by atoms with van der Waals surface area (Å²) < 4.78 is 11.5. The van der Waals surface area contributed by atoms with Gasteiger partial charge in [0.1, 0.15) is 0 Å². The highest BCUT2D eigenvalue weighted by atomic mass is 16.7. The van der Waals surface area contributed by atoms with Gasteiger partial charge in [0.2, 0.25) is 0 Å². The Morgan fingerprint density at radius 1 is 1.27 bits per heavy atom. The largest absolute Gasteiger partial charge is 0.349 e. The van der Waals surface area contributed by atoms with Gasteiger partial charge < -0.3 is 9.47 Å². The zero-order valence-corrected chi connectivity index (χ0v) is 9.57.